The minimum atomic E-state index is -0.375. The Morgan fingerprint density at radius 3 is 2.62 bits per heavy atom. The minimum absolute atomic E-state index is 0.00268. The summed E-state index contributed by atoms with van der Waals surface area (Å²) in [7, 11) is 0. The van der Waals surface area contributed by atoms with E-state index in [4.69, 9.17) is 4.74 Å². The number of anilines is 1. The number of hydrogen-bond acceptors (Lipinski definition) is 5. The molecule has 2 amide bonds. The molecule has 0 aliphatic heterocycles. The molecule has 2 rings (SSSR count). The van der Waals surface area contributed by atoms with E-state index in [1.54, 1.807) is 12.1 Å². The number of aryl methyl sites for hydroxylation is 2. The monoisotopic (exact) mass is 461 g/mol. The topological polar surface area (TPSA) is 100 Å². The van der Waals surface area contributed by atoms with Gasteiger partial charge in [0.05, 0.1) is 17.3 Å². The third-order valence-electron chi connectivity index (χ3n) is 4.00. The van der Waals surface area contributed by atoms with Gasteiger partial charge in [-0.1, -0.05) is 12.1 Å². The average molecular weight is 462 g/mol. The van der Waals surface area contributed by atoms with Gasteiger partial charge in [0.25, 0.3) is 0 Å². The Kier molecular flexibility index (Phi) is 8.21. The lowest BCUT2D eigenvalue weighted by atomic mass is 10.1. The number of nitrogens with zero attached hydrogens (tertiary/aromatic N) is 1. The molecule has 3 N–H and O–H groups in total. The number of halogens is 1. The van der Waals surface area contributed by atoms with Crippen molar-refractivity contribution in [3.05, 3.63) is 51.5 Å². The van der Waals surface area contributed by atoms with Crippen molar-refractivity contribution < 1.29 is 19.4 Å². The van der Waals surface area contributed by atoms with Crippen LogP contribution in [0.1, 0.15) is 36.5 Å². The molecule has 0 saturated heterocycles. The summed E-state index contributed by atoms with van der Waals surface area (Å²) in [5.41, 5.74) is 5.78. The quantitative estimate of drug-likeness (QED) is 0.407. The van der Waals surface area contributed by atoms with Gasteiger partial charge in [-0.3, -0.25) is 9.59 Å². The largest absolute Gasteiger partial charge is 0.503 e. The second-order valence-electron chi connectivity index (χ2n) is 6.44. The van der Waals surface area contributed by atoms with Gasteiger partial charge in [0.15, 0.2) is 11.5 Å². The van der Waals surface area contributed by atoms with Crippen molar-refractivity contribution in [2.75, 3.05) is 11.9 Å². The SMILES string of the molecule is CCOc1cc(/C=N/NC(=O)CCC(=O)Nc2cc(C)ccc2C)cc(Br)c1O. The summed E-state index contributed by atoms with van der Waals surface area (Å²) in [6, 6.07) is 9.05. The summed E-state index contributed by atoms with van der Waals surface area (Å²) in [5, 5.41) is 16.6. The maximum Gasteiger partial charge on any atom is 0.240 e. The maximum atomic E-state index is 12.1. The zero-order valence-corrected chi connectivity index (χ0v) is 18.2. The number of phenols is 1. The van der Waals surface area contributed by atoms with Crippen LogP contribution in [0.4, 0.5) is 5.69 Å². The molecular weight excluding hydrogens is 438 g/mol. The Labute approximate surface area is 178 Å². The van der Waals surface area contributed by atoms with Crippen LogP contribution in [0.5, 0.6) is 11.5 Å². The molecule has 2 aromatic rings. The van der Waals surface area contributed by atoms with Crippen LogP contribution in [0.3, 0.4) is 0 Å². The number of carbonyl (C=O) groups excluding carboxylic acids is 2. The number of hydrogen-bond donors (Lipinski definition) is 3. The van der Waals surface area contributed by atoms with Crippen molar-refractivity contribution in [2.45, 2.75) is 33.6 Å². The van der Waals surface area contributed by atoms with E-state index in [0.717, 1.165) is 16.8 Å². The number of nitrogens with one attached hydrogen (secondary N) is 2. The fraction of sp³-hybridized carbons (Fsp3) is 0.286. The van der Waals surface area contributed by atoms with E-state index in [2.05, 4.69) is 31.8 Å². The highest BCUT2D eigenvalue weighted by Gasteiger charge is 2.10. The Hall–Kier alpha value is -2.87. The van der Waals surface area contributed by atoms with E-state index in [1.165, 1.54) is 6.21 Å². The van der Waals surface area contributed by atoms with E-state index < -0.39 is 0 Å². The van der Waals surface area contributed by atoms with E-state index in [1.807, 2.05) is 39.0 Å². The number of benzene rings is 2. The van der Waals surface area contributed by atoms with Crippen LogP contribution >= 0.6 is 15.9 Å². The smallest absolute Gasteiger partial charge is 0.240 e. The number of amides is 2. The molecule has 0 heterocycles. The van der Waals surface area contributed by atoms with Crippen LogP contribution in [-0.2, 0) is 9.59 Å². The van der Waals surface area contributed by atoms with E-state index in [0.29, 0.717) is 22.4 Å². The molecule has 0 atom stereocenters. The molecule has 154 valence electrons. The second kappa shape index (κ2) is 10.6. The highest BCUT2D eigenvalue weighted by molar-refractivity contribution is 9.10. The standard InChI is InChI=1S/C21H24BrN3O4/c1-4-29-18-11-15(10-16(22)21(18)28)12-23-25-20(27)8-7-19(26)24-17-9-13(2)5-6-14(17)3/h5-6,9-12,28H,4,7-8H2,1-3H3,(H,24,26)(H,25,27)/b23-12+. The van der Waals surface area contributed by atoms with Crippen LogP contribution in [0, 0.1) is 13.8 Å². The first-order valence-corrected chi connectivity index (χ1v) is 9.93. The van der Waals surface area contributed by atoms with Crippen LogP contribution in [0.15, 0.2) is 39.9 Å². The number of aromatic hydroxyl groups is 1. The molecule has 0 aromatic heterocycles. The summed E-state index contributed by atoms with van der Waals surface area (Å²) in [5.74, 6) is -0.289. The van der Waals surface area contributed by atoms with Crippen molar-refractivity contribution in [1.29, 1.82) is 0 Å². The van der Waals surface area contributed by atoms with Crippen LogP contribution in [0.25, 0.3) is 0 Å². The van der Waals surface area contributed by atoms with Gasteiger partial charge in [0, 0.05) is 18.5 Å². The van der Waals surface area contributed by atoms with Gasteiger partial charge in [0.2, 0.25) is 11.8 Å². The highest BCUT2D eigenvalue weighted by Crippen LogP contribution is 2.35. The molecule has 0 aliphatic rings. The van der Waals surface area contributed by atoms with E-state index >= 15 is 0 Å². The van der Waals surface area contributed by atoms with Gasteiger partial charge in [-0.2, -0.15) is 5.10 Å². The van der Waals surface area contributed by atoms with E-state index in [9.17, 15) is 14.7 Å². The number of ether oxygens (including phenoxy) is 1. The third kappa shape index (κ3) is 6.90. The zero-order chi connectivity index (χ0) is 21.4. The lowest BCUT2D eigenvalue weighted by molar-refractivity contribution is -0.124. The number of carbonyl (C=O) groups is 2. The lowest BCUT2D eigenvalue weighted by Gasteiger charge is -2.09. The fourth-order valence-electron chi connectivity index (χ4n) is 2.48. The molecule has 0 unspecified atom stereocenters. The predicted molar refractivity (Wildman–Crippen MR) is 116 cm³/mol. The van der Waals surface area contributed by atoms with Crippen LogP contribution in [0.2, 0.25) is 0 Å². The van der Waals surface area contributed by atoms with Crippen molar-refractivity contribution >= 4 is 39.6 Å². The molecule has 0 saturated carbocycles. The van der Waals surface area contributed by atoms with Gasteiger partial charge < -0.3 is 15.2 Å². The van der Waals surface area contributed by atoms with Crippen LogP contribution < -0.4 is 15.5 Å². The summed E-state index contributed by atoms with van der Waals surface area (Å²) in [4.78, 5) is 24.0. The number of hydrazone groups is 1. The van der Waals surface area contributed by atoms with Crippen molar-refractivity contribution in [2.24, 2.45) is 5.10 Å². The zero-order valence-electron chi connectivity index (χ0n) is 16.6. The fourth-order valence-corrected chi connectivity index (χ4v) is 2.94. The summed E-state index contributed by atoms with van der Waals surface area (Å²) >= 11 is 3.24. The first-order valence-electron chi connectivity index (χ1n) is 9.14. The van der Waals surface area contributed by atoms with Crippen molar-refractivity contribution in [1.82, 2.24) is 5.43 Å². The molecule has 29 heavy (non-hydrogen) atoms. The number of phenolic OH excluding ortho intramolecular Hbond substituents is 1. The van der Waals surface area contributed by atoms with E-state index in [-0.39, 0.29) is 30.4 Å². The highest BCUT2D eigenvalue weighted by atomic mass is 79.9. The third-order valence-corrected chi connectivity index (χ3v) is 4.60. The molecular formula is C21H24BrN3O4. The molecule has 0 aliphatic carbocycles. The Balaban J connectivity index is 1.85. The summed E-state index contributed by atoms with van der Waals surface area (Å²) in [6.45, 7) is 6.08. The Morgan fingerprint density at radius 2 is 1.90 bits per heavy atom. The van der Waals surface area contributed by atoms with Crippen LogP contribution in [-0.4, -0.2) is 29.7 Å². The Bertz CT molecular complexity index is 928. The normalized spacial score (nSPS) is 10.8. The predicted octanol–water partition coefficient (Wildman–Crippen LogP) is 4.04. The molecule has 0 radical (unpaired) electrons. The number of rotatable bonds is 8. The molecule has 0 fully saturated rings. The minimum Gasteiger partial charge on any atom is -0.503 e. The van der Waals surface area contributed by atoms with Gasteiger partial charge in [-0.15, -0.1) is 0 Å². The van der Waals surface area contributed by atoms with Gasteiger partial charge >= 0.3 is 0 Å². The lowest BCUT2D eigenvalue weighted by Crippen LogP contribution is -2.21. The second-order valence-corrected chi connectivity index (χ2v) is 7.30. The first-order chi connectivity index (χ1) is 13.8. The molecule has 0 bridgehead atoms. The first kappa shape index (κ1) is 22.4. The molecule has 0 spiro atoms. The van der Waals surface area contributed by atoms with Crippen molar-refractivity contribution in [3.8, 4) is 11.5 Å². The molecule has 7 nitrogen and oxygen atoms in total. The summed E-state index contributed by atoms with van der Waals surface area (Å²) < 4.78 is 5.80. The van der Waals surface area contributed by atoms with Crippen molar-refractivity contribution in [3.63, 3.8) is 0 Å². The van der Waals surface area contributed by atoms with Gasteiger partial charge in [-0.25, -0.2) is 5.43 Å². The summed E-state index contributed by atoms with van der Waals surface area (Å²) in [6.07, 6.45) is 1.49. The van der Waals surface area contributed by atoms with Gasteiger partial charge in [0.1, 0.15) is 0 Å². The van der Waals surface area contributed by atoms with Gasteiger partial charge in [-0.05, 0) is 71.6 Å². The molecule has 8 heteroatoms. The average Bonchev–Trinajstić information content (AvgIpc) is 2.67. The Morgan fingerprint density at radius 1 is 1.17 bits per heavy atom. The molecule has 2 aromatic carbocycles. The maximum absolute atomic E-state index is 12.1.